The van der Waals surface area contributed by atoms with Crippen molar-refractivity contribution >= 4 is 23.4 Å². The van der Waals surface area contributed by atoms with Crippen LogP contribution in [0.2, 0.25) is 5.02 Å². The van der Waals surface area contributed by atoms with E-state index in [4.69, 9.17) is 21.1 Å². The minimum atomic E-state index is -0.327. The summed E-state index contributed by atoms with van der Waals surface area (Å²) in [5.74, 6) is 0.614. The first-order valence-corrected chi connectivity index (χ1v) is 10.1. The molecule has 2 aromatic carbocycles. The maximum atomic E-state index is 12.4. The van der Waals surface area contributed by atoms with Gasteiger partial charge in [-0.3, -0.25) is 9.59 Å². The number of carbonyl (C=O) groups excluding carboxylic acids is 2. The van der Waals surface area contributed by atoms with Crippen molar-refractivity contribution in [2.75, 3.05) is 19.9 Å². The molecule has 2 aromatic rings. The zero-order chi connectivity index (χ0) is 20.3. The van der Waals surface area contributed by atoms with Crippen molar-refractivity contribution in [2.45, 2.75) is 31.1 Å². The van der Waals surface area contributed by atoms with E-state index in [1.807, 2.05) is 24.3 Å². The number of ether oxygens (including phenoxy) is 2. The molecule has 4 rings (SSSR count). The Balaban J connectivity index is 1.32. The van der Waals surface area contributed by atoms with Crippen molar-refractivity contribution in [1.82, 2.24) is 10.6 Å². The van der Waals surface area contributed by atoms with Crippen LogP contribution in [0.25, 0.3) is 0 Å². The number of halogens is 1. The van der Waals surface area contributed by atoms with Crippen LogP contribution in [0.3, 0.4) is 0 Å². The van der Waals surface area contributed by atoms with Gasteiger partial charge in [-0.15, -0.1) is 0 Å². The molecular weight excluding hydrogens is 392 g/mol. The largest absolute Gasteiger partial charge is 0.454 e. The summed E-state index contributed by atoms with van der Waals surface area (Å²) in [5, 5.41) is 6.36. The first kappa shape index (κ1) is 19.6. The third-order valence-electron chi connectivity index (χ3n) is 5.69. The van der Waals surface area contributed by atoms with Gasteiger partial charge >= 0.3 is 0 Å². The third-order valence-corrected chi connectivity index (χ3v) is 5.94. The highest BCUT2D eigenvalue weighted by Crippen LogP contribution is 2.41. The van der Waals surface area contributed by atoms with Gasteiger partial charge < -0.3 is 20.1 Å². The first-order chi connectivity index (χ1) is 14.1. The Kier molecular flexibility index (Phi) is 5.62. The van der Waals surface area contributed by atoms with Gasteiger partial charge in [0.25, 0.3) is 5.91 Å². The van der Waals surface area contributed by atoms with Gasteiger partial charge in [-0.25, -0.2) is 0 Å². The van der Waals surface area contributed by atoms with Crippen LogP contribution in [-0.4, -0.2) is 31.7 Å². The van der Waals surface area contributed by atoms with Gasteiger partial charge in [-0.05, 0) is 48.7 Å². The van der Waals surface area contributed by atoms with Gasteiger partial charge in [0, 0.05) is 22.5 Å². The van der Waals surface area contributed by atoms with Gasteiger partial charge in [0.15, 0.2) is 11.5 Å². The van der Waals surface area contributed by atoms with Crippen molar-refractivity contribution in [2.24, 2.45) is 0 Å². The molecule has 152 valence electrons. The van der Waals surface area contributed by atoms with Crippen molar-refractivity contribution in [3.8, 4) is 11.5 Å². The highest BCUT2D eigenvalue weighted by molar-refractivity contribution is 6.30. The van der Waals surface area contributed by atoms with Crippen molar-refractivity contribution in [3.63, 3.8) is 0 Å². The number of benzene rings is 2. The molecule has 1 aliphatic heterocycles. The molecule has 7 heteroatoms. The smallest absolute Gasteiger partial charge is 0.251 e. The lowest BCUT2D eigenvalue weighted by Gasteiger charge is -2.30. The molecule has 29 heavy (non-hydrogen) atoms. The number of nitrogens with one attached hydrogen (secondary N) is 2. The third kappa shape index (κ3) is 4.32. The Hall–Kier alpha value is -2.73. The fourth-order valence-electron chi connectivity index (χ4n) is 4.05. The Morgan fingerprint density at radius 2 is 1.69 bits per heavy atom. The summed E-state index contributed by atoms with van der Waals surface area (Å²) in [6.45, 7) is 0.621. The van der Waals surface area contributed by atoms with E-state index in [2.05, 4.69) is 10.6 Å². The molecule has 2 aliphatic rings. The van der Waals surface area contributed by atoms with Gasteiger partial charge in [0.05, 0.1) is 6.54 Å². The molecule has 1 aliphatic carbocycles. The molecule has 2 N–H and O–H groups in total. The molecule has 1 fully saturated rings. The van der Waals surface area contributed by atoms with E-state index in [0.717, 1.165) is 25.7 Å². The molecule has 2 amide bonds. The van der Waals surface area contributed by atoms with Crippen molar-refractivity contribution < 1.29 is 19.1 Å². The highest BCUT2D eigenvalue weighted by atomic mass is 35.5. The predicted molar refractivity (Wildman–Crippen MR) is 110 cm³/mol. The second-order valence-electron chi connectivity index (χ2n) is 7.52. The van der Waals surface area contributed by atoms with Crippen LogP contribution in [-0.2, 0) is 10.2 Å². The fourth-order valence-corrected chi connectivity index (χ4v) is 4.18. The molecule has 0 spiro atoms. The molecule has 0 aromatic heterocycles. The van der Waals surface area contributed by atoms with Crippen LogP contribution in [0.5, 0.6) is 11.5 Å². The molecule has 0 atom stereocenters. The van der Waals surface area contributed by atoms with Crippen LogP contribution in [0.1, 0.15) is 41.6 Å². The number of hydrogen-bond donors (Lipinski definition) is 2. The van der Waals surface area contributed by atoms with E-state index in [9.17, 15) is 9.59 Å². The number of carbonyl (C=O) groups is 2. The zero-order valence-electron chi connectivity index (χ0n) is 16.0. The topological polar surface area (TPSA) is 76.7 Å². The number of rotatable bonds is 6. The summed E-state index contributed by atoms with van der Waals surface area (Å²) in [6.07, 6.45) is 4.33. The van der Waals surface area contributed by atoms with E-state index < -0.39 is 0 Å². The Bertz CT molecular complexity index is 908. The van der Waals surface area contributed by atoms with Gasteiger partial charge in [0.2, 0.25) is 12.7 Å². The van der Waals surface area contributed by atoms with Crippen molar-refractivity contribution in [1.29, 1.82) is 0 Å². The second-order valence-corrected chi connectivity index (χ2v) is 7.96. The quantitative estimate of drug-likeness (QED) is 0.759. The van der Waals surface area contributed by atoms with Crippen LogP contribution in [0, 0.1) is 0 Å². The normalized spacial score (nSPS) is 16.4. The monoisotopic (exact) mass is 414 g/mol. The van der Waals surface area contributed by atoms with E-state index in [1.165, 1.54) is 5.56 Å². The fraction of sp³-hybridized carbons (Fsp3) is 0.364. The minimum Gasteiger partial charge on any atom is -0.454 e. The lowest BCUT2D eigenvalue weighted by atomic mass is 9.79. The Morgan fingerprint density at radius 1 is 0.966 bits per heavy atom. The molecule has 0 bridgehead atoms. The maximum Gasteiger partial charge on any atom is 0.251 e. The summed E-state index contributed by atoms with van der Waals surface area (Å²) < 4.78 is 10.5. The zero-order valence-corrected chi connectivity index (χ0v) is 16.8. The van der Waals surface area contributed by atoms with Crippen molar-refractivity contribution in [3.05, 3.63) is 58.6 Å². The first-order valence-electron chi connectivity index (χ1n) is 9.76. The number of fused-ring (bicyclic) bond motifs is 1. The van der Waals surface area contributed by atoms with Crippen LogP contribution in [0.15, 0.2) is 42.5 Å². The molecule has 1 saturated carbocycles. The summed E-state index contributed by atoms with van der Waals surface area (Å²) in [6, 6.07) is 12.8. The predicted octanol–water partition coefficient (Wildman–Crippen LogP) is 3.43. The van der Waals surface area contributed by atoms with Gasteiger partial charge in [0.1, 0.15) is 0 Å². The second kappa shape index (κ2) is 8.33. The average Bonchev–Trinajstić information content (AvgIpc) is 3.40. The molecule has 1 heterocycles. The molecule has 0 unspecified atom stereocenters. The lowest BCUT2D eigenvalue weighted by Crippen LogP contribution is -2.43. The summed E-state index contributed by atoms with van der Waals surface area (Å²) in [7, 11) is 0. The van der Waals surface area contributed by atoms with E-state index >= 15 is 0 Å². The molecule has 0 saturated heterocycles. The average molecular weight is 415 g/mol. The van der Waals surface area contributed by atoms with E-state index in [1.54, 1.807) is 18.2 Å². The standard InChI is InChI=1S/C22H23ClN2O4/c23-17-6-4-16(5-7-17)22(9-1-2-10-22)13-25-20(26)12-24-21(27)15-3-8-18-19(11-15)29-14-28-18/h3-8,11H,1-2,9-10,12-14H2,(H,24,27)(H,25,26). The van der Waals surface area contributed by atoms with Crippen LogP contribution >= 0.6 is 11.6 Å². The van der Waals surface area contributed by atoms with Crippen LogP contribution < -0.4 is 20.1 Å². The SMILES string of the molecule is O=C(CNC(=O)c1ccc2c(c1)OCO2)NCC1(c2ccc(Cl)cc2)CCCC1. The number of hydrogen-bond acceptors (Lipinski definition) is 4. The Labute approximate surface area is 174 Å². The molecule has 0 radical (unpaired) electrons. The maximum absolute atomic E-state index is 12.4. The summed E-state index contributed by atoms with van der Waals surface area (Å²) >= 11 is 6.02. The Morgan fingerprint density at radius 3 is 2.45 bits per heavy atom. The molecule has 6 nitrogen and oxygen atoms in total. The lowest BCUT2D eigenvalue weighted by molar-refractivity contribution is -0.120. The summed E-state index contributed by atoms with van der Waals surface area (Å²) in [5.41, 5.74) is 1.56. The number of amides is 2. The highest BCUT2D eigenvalue weighted by Gasteiger charge is 2.35. The summed E-state index contributed by atoms with van der Waals surface area (Å²) in [4.78, 5) is 24.7. The van der Waals surface area contributed by atoms with Gasteiger partial charge in [-0.1, -0.05) is 36.6 Å². The molecular formula is C22H23ClN2O4. The van der Waals surface area contributed by atoms with Crippen LogP contribution in [0.4, 0.5) is 0 Å². The van der Waals surface area contributed by atoms with E-state index in [-0.39, 0.29) is 30.6 Å². The van der Waals surface area contributed by atoms with E-state index in [0.29, 0.717) is 28.6 Å². The van der Waals surface area contributed by atoms with Gasteiger partial charge in [-0.2, -0.15) is 0 Å². The minimum absolute atomic E-state index is 0.0679.